The number of halogens is 1. The zero-order chi connectivity index (χ0) is 21.7. The van der Waals surface area contributed by atoms with Crippen LogP contribution in [0.15, 0.2) is 52.4 Å². The van der Waals surface area contributed by atoms with Crippen molar-refractivity contribution in [1.82, 2.24) is 0 Å². The Morgan fingerprint density at radius 3 is 2.60 bits per heavy atom. The monoisotopic (exact) mass is 446 g/mol. The van der Waals surface area contributed by atoms with E-state index >= 15 is 0 Å². The number of aliphatic imine (C=N–C) groups is 1. The molecule has 1 aliphatic rings. The van der Waals surface area contributed by atoms with Crippen LogP contribution in [-0.4, -0.2) is 42.4 Å². The molecule has 0 fully saturated rings. The number of nitrogens with zero attached hydrogens (tertiary/aromatic N) is 2. The van der Waals surface area contributed by atoms with Crippen LogP contribution in [0.2, 0.25) is 5.02 Å². The minimum atomic E-state index is -1.08. The second-order valence-corrected chi connectivity index (χ2v) is 7.61. The summed E-state index contributed by atoms with van der Waals surface area (Å²) in [5.74, 6) is -0.680. The van der Waals surface area contributed by atoms with Crippen molar-refractivity contribution >= 4 is 52.2 Å². The highest BCUT2D eigenvalue weighted by Crippen LogP contribution is 2.34. The first kappa shape index (κ1) is 21.7. The maximum absolute atomic E-state index is 12.4. The van der Waals surface area contributed by atoms with Crippen LogP contribution in [0.1, 0.15) is 12.5 Å². The van der Waals surface area contributed by atoms with Gasteiger partial charge in [0.2, 0.25) is 0 Å². The van der Waals surface area contributed by atoms with Crippen molar-refractivity contribution in [2.24, 2.45) is 4.99 Å². The summed E-state index contributed by atoms with van der Waals surface area (Å²) in [7, 11) is 1.83. The highest BCUT2D eigenvalue weighted by Gasteiger charge is 2.25. The molecule has 0 aromatic heterocycles. The fourth-order valence-electron chi connectivity index (χ4n) is 2.61. The summed E-state index contributed by atoms with van der Waals surface area (Å²) in [6.07, 6.45) is 1.71. The Balaban J connectivity index is 1.78. The van der Waals surface area contributed by atoms with Crippen molar-refractivity contribution in [2.75, 3.05) is 25.2 Å². The van der Waals surface area contributed by atoms with Gasteiger partial charge in [-0.1, -0.05) is 17.7 Å². The number of amidine groups is 1. The van der Waals surface area contributed by atoms with Crippen LogP contribution < -0.4 is 14.4 Å². The van der Waals surface area contributed by atoms with Crippen molar-refractivity contribution in [3.05, 3.63) is 58.0 Å². The SMILES string of the molecule is CCOc1cc(C=C2SC(N(C)c3ccc(Cl)cc3)=NC2=O)ccc1OCC(=O)O. The molecule has 0 unspecified atom stereocenters. The molecule has 0 aliphatic carbocycles. The molecule has 1 amide bonds. The number of thioether (sulfide) groups is 1. The fourth-order valence-corrected chi connectivity index (χ4v) is 3.63. The van der Waals surface area contributed by atoms with Crippen molar-refractivity contribution in [3.63, 3.8) is 0 Å². The van der Waals surface area contributed by atoms with E-state index in [1.165, 1.54) is 11.8 Å². The van der Waals surface area contributed by atoms with E-state index in [9.17, 15) is 9.59 Å². The van der Waals surface area contributed by atoms with Gasteiger partial charge in [-0.2, -0.15) is 4.99 Å². The van der Waals surface area contributed by atoms with Crippen molar-refractivity contribution in [3.8, 4) is 11.5 Å². The summed E-state index contributed by atoms with van der Waals surface area (Å²) < 4.78 is 10.8. The van der Waals surface area contributed by atoms with Gasteiger partial charge in [0.05, 0.1) is 11.5 Å². The zero-order valence-electron chi connectivity index (χ0n) is 16.3. The summed E-state index contributed by atoms with van der Waals surface area (Å²) in [6, 6.07) is 12.3. The largest absolute Gasteiger partial charge is 0.490 e. The number of carbonyl (C=O) groups excluding carboxylic acids is 1. The number of aliphatic carboxylic acids is 1. The second-order valence-electron chi connectivity index (χ2n) is 6.17. The van der Waals surface area contributed by atoms with E-state index < -0.39 is 12.6 Å². The van der Waals surface area contributed by atoms with Crippen molar-refractivity contribution in [2.45, 2.75) is 6.92 Å². The summed E-state index contributed by atoms with van der Waals surface area (Å²) in [4.78, 5) is 29.5. The number of carboxylic acids is 1. The zero-order valence-corrected chi connectivity index (χ0v) is 17.9. The first-order valence-corrected chi connectivity index (χ1v) is 10.2. The van der Waals surface area contributed by atoms with Gasteiger partial charge in [-0.05, 0) is 66.7 Å². The second kappa shape index (κ2) is 9.69. The van der Waals surface area contributed by atoms with Crippen LogP contribution in [0.5, 0.6) is 11.5 Å². The van der Waals surface area contributed by atoms with Gasteiger partial charge in [-0.15, -0.1) is 0 Å². The number of hydrogen-bond donors (Lipinski definition) is 1. The Morgan fingerprint density at radius 2 is 1.93 bits per heavy atom. The van der Waals surface area contributed by atoms with Gasteiger partial charge >= 0.3 is 5.97 Å². The predicted molar refractivity (Wildman–Crippen MR) is 119 cm³/mol. The summed E-state index contributed by atoms with van der Waals surface area (Å²) in [5, 5.41) is 9.98. The molecule has 30 heavy (non-hydrogen) atoms. The lowest BCUT2D eigenvalue weighted by molar-refractivity contribution is -0.139. The predicted octanol–water partition coefficient (Wildman–Crippen LogP) is 4.31. The fraction of sp³-hybridized carbons (Fsp3) is 0.190. The Morgan fingerprint density at radius 1 is 1.20 bits per heavy atom. The van der Waals surface area contributed by atoms with Crippen LogP contribution in [0.3, 0.4) is 0 Å². The molecule has 1 N–H and O–H groups in total. The molecule has 1 aliphatic heterocycles. The Hall–Kier alpha value is -2.97. The van der Waals surface area contributed by atoms with E-state index in [1.54, 1.807) is 36.4 Å². The average molecular weight is 447 g/mol. The minimum absolute atomic E-state index is 0.325. The first-order chi connectivity index (χ1) is 14.4. The third kappa shape index (κ3) is 5.34. The third-order valence-corrected chi connectivity index (χ3v) is 5.34. The molecule has 2 aromatic carbocycles. The number of hydrogen-bond acceptors (Lipinski definition) is 6. The molecule has 2 aromatic rings. The molecule has 0 saturated heterocycles. The molecule has 9 heteroatoms. The summed E-state index contributed by atoms with van der Waals surface area (Å²) in [6.45, 7) is 1.73. The maximum atomic E-state index is 12.4. The van der Waals surface area contributed by atoms with Gasteiger partial charge in [0.25, 0.3) is 5.91 Å². The number of rotatable bonds is 7. The maximum Gasteiger partial charge on any atom is 0.341 e. The normalized spacial score (nSPS) is 14.6. The lowest BCUT2D eigenvalue weighted by atomic mass is 10.2. The molecule has 0 atom stereocenters. The highest BCUT2D eigenvalue weighted by atomic mass is 35.5. The number of carboxylic acid groups (broad SMARTS) is 1. The Bertz CT molecular complexity index is 1020. The van der Waals surface area contributed by atoms with E-state index in [0.29, 0.717) is 38.8 Å². The van der Waals surface area contributed by atoms with Crippen LogP contribution in [0.25, 0.3) is 6.08 Å². The Labute approximate surface area is 183 Å². The van der Waals surface area contributed by atoms with Gasteiger partial charge in [0, 0.05) is 17.8 Å². The number of amides is 1. The minimum Gasteiger partial charge on any atom is -0.490 e. The van der Waals surface area contributed by atoms with Gasteiger partial charge in [-0.3, -0.25) is 4.79 Å². The molecule has 0 radical (unpaired) electrons. The lowest BCUT2D eigenvalue weighted by Crippen LogP contribution is -2.21. The van der Waals surface area contributed by atoms with E-state index in [4.69, 9.17) is 26.2 Å². The number of anilines is 1. The molecule has 0 bridgehead atoms. The van der Waals surface area contributed by atoms with Crippen molar-refractivity contribution in [1.29, 1.82) is 0 Å². The van der Waals surface area contributed by atoms with Crippen LogP contribution in [0, 0.1) is 0 Å². The van der Waals surface area contributed by atoms with Gasteiger partial charge in [-0.25, -0.2) is 4.79 Å². The van der Waals surface area contributed by atoms with E-state index in [-0.39, 0.29) is 5.91 Å². The lowest BCUT2D eigenvalue weighted by Gasteiger charge is -2.17. The molecule has 0 spiro atoms. The smallest absolute Gasteiger partial charge is 0.341 e. The number of benzene rings is 2. The standard InChI is InChI=1S/C21H19ClN2O5S/c1-3-28-17-10-13(4-9-16(17)29-12-19(25)26)11-18-20(27)23-21(30-18)24(2)15-7-5-14(22)6-8-15/h4-11H,3,12H2,1-2H3,(H,25,26). The summed E-state index contributed by atoms with van der Waals surface area (Å²) in [5.41, 5.74) is 1.57. The quantitative estimate of drug-likeness (QED) is 0.634. The molecular weight excluding hydrogens is 428 g/mol. The van der Waals surface area contributed by atoms with Crippen LogP contribution in [0.4, 0.5) is 5.69 Å². The molecule has 156 valence electrons. The van der Waals surface area contributed by atoms with Crippen molar-refractivity contribution < 1.29 is 24.2 Å². The average Bonchev–Trinajstić information content (AvgIpc) is 3.08. The molecular formula is C21H19ClN2O5S. The van der Waals surface area contributed by atoms with E-state index in [1.807, 2.05) is 31.0 Å². The molecule has 1 heterocycles. The van der Waals surface area contributed by atoms with Gasteiger partial charge in [0.15, 0.2) is 23.3 Å². The van der Waals surface area contributed by atoms with E-state index in [2.05, 4.69) is 4.99 Å². The summed E-state index contributed by atoms with van der Waals surface area (Å²) >= 11 is 7.19. The van der Waals surface area contributed by atoms with Crippen LogP contribution in [-0.2, 0) is 9.59 Å². The van der Waals surface area contributed by atoms with Crippen LogP contribution >= 0.6 is 23.4 Å². The Kier molecular flexibility index (Phi) is 7.02. The molecule has 3 rings (SSSR count). The number of carbonyl (C=O) groups is 2. The van der Waals surface area contributed by atoms with E-state index in [0.717, 1.165) is 5.69 Å². The first-order valence-electron chi connectivity index (χ1n) is 9.00. The molecule has 0 saturated carbocycles. The highest BCUT2D eigenvalue weighted by molar-refractivity contribution is 8.18. The third-order valence-electron chi connectivity index (χ3n) is 4.03. The van der Waals surface area contributed by atoms with Gasteiger partial charge < -0.3 is 19.5 Å². The number of ether oxygens (including phenoxy) is 2. The molecule has 7 nitrogen and oxygen atoms in total. The van der Waals surface area contributed by atoms with Gasteiger partial charge in [0.1, 0.15) is 0 Å². The topological polar surface area (TPSA) is 88.4 Å².